The number of hydrogen-bond acceptors (Lipinski definition) is 3. The van der Waals surface area contributed by atoms with Gasteiger partial charge in [-0.05, 0) is 24.6 Å². The van der Waals surface area contributed by atoms with E-state index in [0.717, 1.165) is 5.56 Å². The fourth-order valence-electron chi connectivity index (χ4n) is 3.13. The molecule has 2 N–H and O–H groups in total. The van der Waals surface area contributed by atoms with Gasteiger partial charge in [0.2, 0.25) is 11.8 Å². The second-order valence-corrected chi connectivity index (χ2v) is 6.86. The van der Waals surface area contributed by atoms with Crippen LogP contribution in [0, 0.1) is 5.92 Å². The fourth-order valence-corrected chi connectivity index (χ4v) is 3.35. The molecule has 1 heterocycles. The minimum absolute atomic E-state index is 0.0797. The maximum atomic E-state index is 12.4. The molecular formula is C20H20ClN3O3. The highest BCUT2D eigenvalue weighted by molar-refractivity contribution is 6.33. The van der Waals surface area contributed by atoms with Crippen molar-refractivity contribution in [1.82, 2.24) is 15.8 Å². The number of likely N-dealkylation sites (tertiary alicyclic amines) is 1. The van der Waals surface area contributed by atoms with Crippen molar-refractivity contribution in [1.29, 1.82) is 0 Å². The monoisotopic (exact) mass is 385 g/mol. The molecule has 2 aromatic rings. The van der Waals surface area contributed by atoms with Crippen LogP contribution in [0.5, 0.6) is 0 Å². The van der Waals surface area contributed by atoms with Crippen molar-refractivity contribution >= 4 is 29.3 Å². The summed E-state index contributed by atoms with van der Waals surface area (Å²) in [5.74, 6) is -1.50. The first-order valence-electron chi connectivity index (χ1n) is 8.66. The van der Waals surface area contributed by atoms with Gasteiger partial charge in [-0.15, -0.1) is 0 Å². The molecule has 1 aliphatic rings. The van der Waals surface area contributed by atoms with E-state index in [4.69, 9.17) is 11.6 Å². The number of benzene rings is 2. The maximum Gasteiger partial charge on any atom is 0.271 e. The molecule has 0 saturated carbocycles. The molecule has 6 nitrogen and oxygen atoms in total. The van der Waals surface area contributed by atoms with Crippen LogP contribution in [0.4, 0.5) is 0 Å². The van der Waals surface area contributed by atoms with Crippen molar-refractivity contribution in [2.75, 3.05) is 6.54 Å². The largest absolute Gasteiger partial charge is 0.335 e. The highest BCUT2D eigenvalue weighted by Gasteiger charge is 2.37. The van der Waals surface area contributed by atoms with E-state index in [1.165, 1.54) is 0 Å². The number of nitrogens with zero attached hydrogens (tertiary/aromatic N) is 1. The van der Waals surface area contributed by atoms with Crippen molar-refractivity contribution in [2.45, 2.75) is 19.4 Å². The van der Waals surface area contributed by atoms with Crippen LogP contribution >= 0.6 is 11.6 Å². The van der Waals surface area contributed by atoms with E-state index in [2.05, 4.69) is 10.9 Å². The molecular weight excluding hydrogens is 366 g/mol. The Bertz CT molecular complexity index is 857. The van der Waals surface area contributed by atoms with Gasteiger partial charge in [0.05, 0.1) is 22.5 Å². The predicted molar refractivity (Wildman–Crippen MR) is 102 cm³/mol. The quantitative estimate of drug-likeness (QED) is 0.794. The number of carbonyl (C=O) groups excluding carboxylic acids is 3. The van der Waals surface area contributed by atoms with Crippen LogP contribution in [0.25, 0.3) is 0 Å². The summed E-state index contributed by atoms with van der Waals surface area (Å²) in [6.07, 6.45) is 0.116. The molecule has 0 spiro atoms. The minimum Gasteiger partial charge on any atom is -0.335 e. The number of amides is 3. The van der Waals surface area contributed by atoms with Crippen LogP contribution < -0.4 is 10.9 Å². The Morgan fingerprint density at radius 3 is 2.44 bits per heavy atom. The summed E-state index contributed by atoms with van der Waals surface area (Å²) in [7, 11) is 0. The predicted octanol–water partition coefficient (Wildman–Crippen LogP) is 2.71. The van der Waals surface area contributed by atoms with Gasteiger partial charge in [-0.3, -0.25) is 25.2 Å². The second kappa shape index (κ2) is 8.22. The lowest BCUT2D eigenvalue weighted by Crippen LogP contribution is -2.45. The molecule has 0 aromatic heterocycles. The maximum absolute atomic E-state index is 12.4. The van der Waals surface area contributed by atoms with Gasteiger partial charge in [0.25, 0.3) is 5.91 Å². The number of rotatable bonds is 4. The van der Waals surface area contributed by atoms with Crippen LogP contribution in [0.2, 0.25) is 5.02 Å². The molecule has 2 atom stereocenters. The lowest BCUT2D eigenvalue weighted by Gasteiger charge is -2.25. The zero-order valence-corrected chi connectivity index (χ0v) is 15.6. The van der Waals surface area contributed by atoms with Crippen molar-refractivity contribution in [3.8, 4) is 0 Å². The summed E-state index contributed by atoms with van der Waals surface area (Å²) in [6, 6.07) is 16.1. The van der Waals surface area contributed by atoms with Crippen LogP contribution in [0.15, 0.2) is 54.6 Å². The number of nitrogens with one attached hydrogen (secondary N) is 2. The van der Waals surface area contributed by atoms with Gasteiger partial charge >= 0.3 is 0 Å². The molecule has 140 valence electrons. The average molecular weight is 386 g/mol. The third-order valence-corrected chi connectivity index (χ3v) is 5.03. The smallest absolute Gasteiger partial charge is 0.271 e. The number of hydrogen-bond donors (Lipinski definition) is 2. The number of carbonyl (C=O) groups is 3. The molecule has 3 rings (SSSR count). The minimum atomic E-state index is -0.518. The normalized spacial score (nSPS) is 17.5. The summed E-state index contributed by atoms with van der Waals surface area (Å²) >= 11 is 5.97. The molecule has 0 radical (unpaired) electrons. The summed E-state index contributed by atoms with van der Waals surface area (Å²) < 4.78 is 0. The SMILES string of the molecule is CC(c1ccccc1)N1CC(C(=O)NNC(=O)c2ccccc2Cl)CC1=O. The lowest BCUT2D eigenvalue weighted by molar-refractivity contribution is -0.130. The zero-order chi connectivity index (χ0) is 19.4. The molecule has 1 aliphatic heterocycles. The van der Waals surface area contributed by atoms with Gasteiger partial charge < -0.3 is 4.90 Å². The van der Waals surface area contributed by atoms with Crippen molar-refractivity contribution < 1.29 is 14.4 Å². The molecule has 3 amide bonds. The Hall–Kier alpha value is -2.86. The third kappa shape index (κ3) is 4.28. The van der Waals surface area contributed by atoms with Gasteiger partial charge in [0.1, 0.15) is 0 Å². The van der Waals surface area contributed by atoms with Crippen molar-refractivity contribution in [2.24, 2.45) is 5.92 Å². The highest BCUT2D eigenvalue weighted by atomic mass is 35.5. The van der Waals surface area contributed by atoms with Crippen LogP contribution in [0.3, 0.4) is 0 Å². The molecule has 2 aromatic carbocycles. The Labute approximate surface area is 162 Å². The van der Waals surface area contributed by atoms with E-state index in [1.807, 2.05) is 37.3 Å². The standard InChI is InChI=1S/C20H20ClN3O3/c1-13(14-7-3-2-4-8-14)24-12-15(11-18(24)25)19(26)22-23-20(27)16-9-5-6-10-17(16)21/h2-10,13,15H,11-12H2,1H3,(H,22,26)(H,23,27). The summed E-state index contributed by atoms with van der Waals surface area (Å²) in [5, 5.41) is 0.295. The van der Waals surface area contributed by atoms with Gasteiger partial charge in [-0.2, -0.15) is 0 Å². The summed E-state index contributed by atoms with van der Waals surface area (Å²) in [4.78, 5) is 38.5. The third-order valence-electron chi connectivity index (χ3n) is 4.70. The van der Waals surface area contributed by atoms with E-state index >= 15 is 0 Å². The van der Waals surface area contributed by atoms with Gasteiger partial charge in [-0.25, -0.2) is 0 Å². The Kier molecular flexibility index (Phi) is 5.76. The second-order valence-electron chi connectivity index (χ2n) is 6.46. The fraction of sp³-hybridized carbons (Fsp3) is 0.250. The molecule has 27 heavy (non-hydrogen) atoms. The molecule has 1 fully saturated rings. The number of hydrazine groups is 1. The first-order valence-corrected chi connectivity index (χ1v) is 9.04. The highest BCUT2D eigenvalue weighted by Crippen LogP contribution is 2.28. The Balaban J connectivity index is 1.58. The average Bonchev–Trinajstić information content (AvgIpc) is 3.08. The molecule has 1 saturated heterocycles. The number of halogens is 1. The van der Waals surface area contributed by atoms with Crippen molar-refractivity contribution in [3.05, 3.63) is 70.7 Å². The van der Waals surface area contributed by atoms with E-state index in [1.54, 1.807) is 29.2 Å². The molecule has 0 aliphatic carbocycles. The van der Waals surface area contributed by atoms with E-state index in [0.29, 0.717) is 11.6 Å². The molecule has 0 bridgehead atoms. The van der Waals surface area contributed by atoms with E-state index < -0.39 is 17.7 Å². The van der Waals surface area contributed by atoms with E-state index in [-0.39, 0.29) is 23.9 Å². The first-order chi connectivity index (χ1) is 13.0. The first kappa shape index (κ1) is 18.9. The van der Waals surface area contributed by atoms with Gasteiger partial charge in [0, 0.05) is 13.0 Å². The molecule has 2 unspecified atom stereocenters. The zero-order valence-electron chi connectivity index (χ0n) is 14.8. The molecule has 7 heteroatoms. The van der Waals surface area contributed by atoms with Crippen LogP contribution in [-0.4, -0.2) is 29.2 Å². The van der Waals surface area contributed by atoms with Crippen LogP contribution in [0.1, 0.15) is 35.3 Å². The topological polar surface area (TPSA) is 78.5 Å². The van der Waals surface area contributed by atoms with Gasteiger partial charge in [-0.1, -0.05) is 54.1 Å². The Morgan fingerprint density at radius 1 is 1.07 bits per heavy atom. The summed E-state index contributed by atoms with van der Waals surface area (Å²) in [6.45, 7) is 2.25. The van der Waals surface area contributed by atoms with Crippen LogP contribution in [-0.2, 0) is 9.59 Å². The lowest BCUT2D eigenvalue weighted by atomic mass is 10.1. The van der Waals surface area contributed by atoms with Crippen molar-refractivity contribution in [3.63, 3.8) is 0 Å². The van der Waals surface area contributed by atoms with Gasteiger partial charge in [0.15, 0.2) is 0 Å². The summed E-state index contributed by atoms with van der Waals surface area (Å²) in [5.41, 5.74) is 6.03. The Morgan fingerprint density at radius 2 is 1.74 bits per heavy atom. The van der Waals surface area contributed by atoms with E-state index in [9.17, 15) is 14.4 Å².